The molecule has 140 valence electrons. The van der Waals surface area contributed by atoms with Crippen LogP contribution in [0.3, 0.4) is 0 Å². The number of urea groups is 1. The van der Waals surface area contributed by atoms with Gasteiger partial charge in [-0.2, -0.15) is 0 Å². The molecule has 0 radical (unpaired) electrons. The van der Waals surface area contributed by atoms with E-state index in [-0.39, 0.29) is 6.03 Å². The average molecular weight is 354 g/mol. The van der Waals surface area contributed by atoms with E-state index < -0.39 is 0 Å². The lowest BCUT2D eigenvalue weighted by atomic mass is 9.96. The molecule has 1 aliphatic rings. The topological polar surface area (TPSA) is 50.2 Å². The van der Waals surface area contributed by atoms with Crippen molar-refractivity contribution >= 4 is 6.03 Å². The Morgan fingerprint density at radius 2 is 1.96 bits per heavy atom. The smallest absolute Gasteiger partial charge is 0.317 e. The second kappa shape index (κ2) is 8.88. The highest BCUT2D eigenvalue weighted by molar-refractivity contribution is 5.74. The van der Waals surface area contributed by atoms with Gasteiger partial charge in [0.05, 0.1) is 0 Å². The molecule has 26 heavy (non-hydrogen) atoms. The van der Waals surface area contributed by atoms with Gasteiger partial charge in [-0.3, -0.25) is 0 Å². The van der Waals surface area contributed by atoms with E-state index in [1.54, 1.807) is 0 Å². The lowest BCUT2D eigenvalue weighted by Gasteiger charge is -2.32. The predicted octanol–water partition coefficient (Wildman–Crippen LogP) is 3.67. The van der Waals surface area contributed by atoms with Gasteiger partial charge in [0.1, 0.15) is 5.82 Å². The van der Waals surface area contributed by atoms with Crippen molar-refractivity contribution < 1.29 is 4.79 Å². The maximum Gasteiger partial charge on any atom is 0.317 e. The zero-order valence-electron chi connectivity index (χ0n) is 15.9. The highest BCUT2D eigenvalue weighted by Gasteiger charge is 2.23. The van der Waals surface area contributed by atoms with Gasteiger partial charge >= 0.3 is 6.03 Å². The number of nitrogens with zero attached hydrogens (tertiary/aromatic N) is 3. The average Bonchev–Trinajstić information content (AvgIpc) is 3.11. The molecule has 5 heteroatoms. The third-order valence-electron chi connectivity index (χ3n) is 5.15. The van der Waals surface area contributed by atoms with Crippen LogP contribution in [0.25, 0.3) is 0 Å². The van der Waals surface area contributed by atoms with Gasteiger partial charge in [-0.15, -0.1) is 0 Å². The van der Waals surface area contributed by atoms with Crippen LogP contribution in [0.1, 0.15) is 44.0 Å². The van der Waals surface area contributed by atoms with Crippen molar-refractivity contribution in [2.45, 2.75) is 45.6 Å². The molecule has 2 aromatic rings. The standard InChI is InChI=1S/C21H30N4O/c1-17(2)20-22-12-15-25(20)16-19-9-13-24(14-10-19)21(26)23-11-8-18-6-4-3-5-7-18/h3-7,12,15,17,19H,8-11,13-14,16H2,1-2H3,(H,23,26). The van der Waals surface area contributed by atoms with E-state index in [1.807, 2.05) is 29.3 Å². The fourth-order valence-corrected chi connectivity index (χ4v) is 3.64. The first-order chi connectivity index (χ1) is 12.6. The van der Waals surface area contributed by atoms with Crippen molar-refractivity contribution in [2.75, 3.05) is 19.6 Å². The molecule has 1 aliphatic heterocycles. The number of carbonyl (C=O) groups is 1. The lowest BCUT2D eigenvalue weighted by molar-refractivity contribution is 0.165. The normalized spacial score (nSPS) is 15.4. The fourth-order valence-electron chi connectivity index (χ4n) is 3.64. The third-order valence-corrected chi connectivity index (χ3v) is 5.15. The van der Waals surface area contributed by atoms with Crippen molar-refractivity contribution in [2.24, 2.45) is 5.92 Å². The number of likely N-dealkylation sites (tertiary alicyclic amines) is 1. The van der Waals surface area contributed by atoms with Gasteiger partial charge in [-0.1, -0.05) is 44.2 Å². The molecule has 0 aliphatic carbocycles. The second-order valence-corrected chi connectivity index (χ2v) is 7.49. The van der Waals surface area contributed by atoms with Crippen LogP contribution in [0, 0.1) is 5.92 Å². The summed E-state index contributed by atoms with van der Waals surface area (Å²) in [6, 6.07) is 10.4. The number of hydrogen-bond acceptors (Lipinski definition) is 2. The van der Waals surface area contributed by atoms with Crippen LogP contribution in [-0.4, -0.2) is 40.1 Å². The molecular weight excluding hydrogens is 324 g/mol. The van der Waals surface area contributed by atoms with Crippen LogP contribution in [0.4, 0.5) is 4.79 Å². The first-order valence-electron chi connectivity index (χ1n) is 9.71. The number of piperidine rings is 1. The van der Waals surface area contributed by atoms with Crippen LogP contribution in [-0.2, 0) is 13.0 Å². The summed E-state index contributed by atoms with van der Waals surface area (Å²) < 4.78 is 2.28. The second-order valence-electron chi connectivity index (χ2n) is 7.49. The van der Waals surface area contributed by atoms with Crippen molar-refractivity contribution in [3.05, 3.63) is 54.1 Å². The number of hydrogen-bond donors (Lipinski definition) is 1. The molecule has 1 saturated heterocycles. The van der Waals surface area contributed by atoms with Crippen molar-refractivity contribution in [3.63, 3.8) is 0 Å². The van der Waals surface area contributed by atoms with Crippen molar-refractivity contribution in [1.82, 2.24) is 19.8 Å². The number of amides is 2. The third kappa shape index (κ3) is 4.87. The Morgan fingerprint density at radius 1 is 1.23 bits per heavy atom. The molecule has 1 aromatic carbocycles. The molecule has 0 atom stereocenters. The van der Waals surface area contributed by atoms with E-state index in [0.717, 1.165) is 44.7 Å². The van der Waals surface area contributed by atoms with E-state index in [4.69, 9.17) is 0 Å². The molecular formula is C21H30N4O. The van der Waals surface area contributed by atoms with Crippen molar-refractivity contribution in [3.8, 4) is 0 Å². The number of imidazole rings is 1. The van der Waals surface area contributed by atoms with Gasteiger partial charge in [-0.25, -0.2) is 9.78 Å². The van der Waals surface area contributed by atoms with E-state index >= 15 is 0 Å². The van der Waals surface area contributed by atoms with Gasteiger partial charge in [0.15, 0.2) is 0 Å². The quantitative estimate of drug-likeness (QED) is 0.860. The Labute approximate surface area is 156 Å². The molecule has 1 aromatic heterocycles. The SMILES string of the molecule is CC(C)c1nccn1CC1CCN(C(=O)NCCc2ccccc2)CC1. The lowest BCUT2D eigenvalue weighted by Crippen LogP contribution is -2.45. The fraction of sp³-hybridized carbons (Fsp3) is 0.524. The minimum Gasteiger partial charge on any atom is -0.338 e. The Balaban J connectivity index is 1.40. The summed E-state index contributed by atoms with van der Waals surface area (Å²) >= 11 is 0. The Morgan fingerprint density at radius 3 is 2.65 bits per heavy atom. The van der Waals surface area contributed by atoms with E-state index in [9.17, 15) is 4.79 Å². The summed E-state index contributed by atoms with van der Waals surface area (Å²) in [5.74, 6) is 2.22. The van der Waals surface area contributed by atoms with Gasteiger partial charge in [0.25, 0.3) is 0 Å². The van der Waals surface area contributed by atoms with Crippen LogP contribution in [0.15, 0.2) is 42.7 Å². The summed E-state index contributed by atoms with van der Waals surface area (Å²) in [6.07, 6.45) is 6.97. The largest absolute Gasteiger partial charge is 0.338 e. The molecule has 1 fully saturated rings. The maximum absolute atomic E-state index is 12.4. The van der Waals surface area contributed by atoms with Crippen LogP contribution < -0.4 is 5.32 Å². The molecule has 1 N–H and O–H groups in total. The number of nitrogens with one attached hydrogen (secondary N) is 1. The van der Waals surface area contributed by atoms with Gasteiger partial charge in [-0.05, 0) is 30.7 Å². The van der Waals surface area contributed by atoms with Crippen molar-refractivity contribution in [1.29, 1.82) is 0 Å². The molecule has 0 bridgehead atoms. The highest BCUT2D eigenvalue weighted by atomic mass is 16.2. The molecule has 0 unspecified atom stereocenters. The highest BCUT2D eigenvalue weighted by Crippen LogP contribution is 2.21. The number of aromatic nitrogens is 2. The van der Waals surface area contributed by atoms with Crippen LogP contribution in [0.5, 0.6) is 0 Å². The molecule has 3 rings (SSSR count). The van der Waals surface area contributed by atoms with Gasteiger partial charge in [0, 0.05) is 44.5 Å². The number of rotatable bonds is 6. The summed E-state index contributed by atoms with van der Waals surface area (Å²) in [6.45, 7) is 7.75. The van der Waals surface area contributed by atoms with E-state index in [0.29, 0.717) is 18.4 Å². The minimum absolute atomic E-state index is 0.0740. The molecule has 0 saturated carbocycles. The molecule has 5 nitrogen and oxygen atoms in total. The van der Waals surface area contributed by atoms with Gasteiger partial charge in [0.2, 0.25) is 0 Å². The van der Waals surface area contributed by atoms with E-state index in [2.05, 4.69) is 47.0 Å². The molecule has 0 spiro atoms. The van der Waals surface area contributed by atoms with Crippen LogP contribution >= 0.6 is 0 Å². The zero-order chi connectivity index (χ0) is 18.4. The first-order valence-corrected chi connectivity index (χ1v) is 9.71. The number of carbonyl (C=O) groups excluding carboxylic acids is 1. The number of benzene rings is 1. The zero-order valence-corrected chi connectivity index (χ0v) is 15.9. The summed E-state index contributed by atoms with van der Waals surface area (Å²) in [5.41, 5.74) is 1.26. The first kappa shape index (κ1) is 18.5. The molecule has 2 amide bonds. The van der Waals surface area contributed by atoms with Crippen LogP contribution in [0.2, 0.25) is 0 Å². The molecule has 2 heterocycles. The Kier molecular flexibility index (Phi) is 6.31. The Bertz CT molecular complexity index is 687. The monoisotopic (exact) mass is 354 g/mol. The summed E-state index contributed by atoms with van der Waals surface area (Å²) in [5, 5.41) is 3.06. The summed E-state index contributed by atoms with van der Waals surface area (Å²) in [7, 11) is 0. The van der Waals surface area contributed by atoms with Gasteiger partial charge < -0.3 is 14.8 Å². The Hall–Kier alpha value is -2.30. The predicted molar refractivity (Wildman–Crippen MR) is 104 cm³/mol. The summed E-state index contributed by atoms with van der Waals surface area (Å²) in [4.78, 5) is 18.8. The minimum atomic E-state index is 0.0740. The maximum atomic E-state index is 12.4. The van der Waals surface area contributed by atoms with E-state index in [1.165, 1.54) is 5.56 Å².